The van der Waals surface area contributed by atoms with E-state index in [-0.39, 0.29) is 11.4 Å². The highest BCUT2D eigenvalue weighted by atomic mass is 19.4. The van der Waals surface area contributed by atoms with Crippen LogP contribution in [0.2, 0.25) is 0 Å². The summed E-state index contributed by atoms with van der Waals surface area (Å²) in [6.07, 6.45) is -4.62. The summed E-state index contributed by atoms with van der Waals surface area (Å²) >= 11 is 0. The van der Waals surface area contributed by atoms with Crippen LogP contribution in [0.25, 0.3) is 5.69 Å². The van der Waals surface area contributed by atoms with Gasteiger partial charge in [0, 0.05) is 17.4 Å². The molecule has 0 unspecified atom stereocenters. The first kappa shape index (κ1) is 20.3. The summed E-state index contributed by atoms with van der Waals surface area (Å²) < 4.78 is 41.1. The Morgan fingerprint density at radius 3 is 2.38 bits per heavy atom. The maximum atomic E-state index is 13.4. The minimum Gasteiger partial charge on any atom is -0.320 e. The molecule has 0 saturated heterocycles. The van der Waals surface area contributed by atoms with Crippen molar-refractivity contribution >= 4 is 11.6 Å². The lowest BCUT2D eigenvalue weighted by Crippen LogP contribution is -2.27. The van der Waals surface area contributed by atoms with Gasteiger partial charge in [-0.1, -0.05) is 29.8 Å². The normalized spacial score (nSPS) is 11.4. The lowest BCUT2D eigenvalue weighted by molar-refractivity contribution is -0.137. The van der Waals surface area contributed by atoms with Gasteiger partial charge in [0.05, 0.1) is 11.3 Å². The van der Waals surface area contributed by atoms with Gasteiger partial charge < -0.3 is 5.32 Å². The van der Waals surface area contributed by atoms with E-state index in [0.29, 0.717) is 5.69 Å². The van der Waals surface area contributed by atoms with Crippen molar-refractivity contribution in [3.05, 3.63) is 86.8 Å². The van der Waals surface area contributed by atoms with Crippen LogP contribution >= 0.6 is 0 Å². The van der Waals surface area contributed by atoms with Crippen LogP contribution in [0.5, 0.6) is 0 Å². The molecule has 3 aromatic rings. The molecule has 29 heavy (non-hydrogen) atoms. The number of rotatable bonds is 3. The maximum absolute atomic E-state index is 13.4. The van der Waals surface area contributed by atoms with Crippen LogP contribution < -0.4 is 10.7 Å². The van der Waals surface area contributed by atoms with Crippen LogP contribution in [-0.2, 0) is 6.18 Å². The maximum Gasteiger partial charge on any atom is 0.418 e. The molecule has 0 saturated carbocycles. The van der Waals surface area contributed by atoms with Crippen molar-refractivity contribution in [2.45, 2.75) is 26.9 Å². The average Bonchev–Trinajstić information content (AvgIpc) is 2.63. The summed E-state index contributed by atoms with van der Waals surface area (Å²) in [7, 11) is 0. The van der Waals surface area contributed by atoms with Gasteiger partial charge in [-0.2, -0.15) is 18.3 Å². The molecule has 0 radical (unpaired) electrons. The Balaban J connectivity index is 2.08. The summed E-state index contributed by atoms with van der Waals surface area (Å²) in [5.41, 5.74) is 0.101. The van der Waals surface area contributed by atoms with Gasteiger partial charge in [0.15, 0.2) is 5.69 Å². The molecule has 5 nitrogen and oxygen atoms in total. The molecule has 3 rings (SSSR count). The summed E-state index contributed by atoms with van der Waals surface area (Å²) in [4.78, 5) is 25.0. The summed E-state index contributed by atoms with van der Waals surface area (Å²) in [6, 6.07) is 11.3. The van der Waals surface area contributed by atoms with Crippen LogP contribution in [0.4, 0.5) is 18.9 Å². The highest BCUT2D eigenvalue weighted by Gasteiger charge is 2.34. The predicted molar refractivity (Wildman–Crippen MR) is 103 cm³/mol. The molecule has 0 aliphatic heterocycles. The van der Waals surface area contributed by atoms with Crippen molar-refractivity contribution in [3.8, 4) is 5.69 Å². The molecule has 0 bridgehead atoms. The quantitative estimate of drug-likeness (QED) is 0.706. The fraction of sp³-hybridized carbons (Fsp3) is 0.190. The third-order valence-electron chi connectivity index (χ3n) is 4.39. The Labute approximate surface area is 164 Å². The number of anilines is 1. The number of benzene rings is 2. The Morgan fingerprint density at radius 2 is 1.72 bits per heavy atom. The molecule has 2 aromatic carbocycles. The number of carbonyl (C=O) groups is 1. The molecule has 0 aliphatic carbocycles. The lowest BCUT2D eigenvalue weighted by Gasteiger charge is -2.17. The lowest BCUT2D eigenvalue weighted by atomic mass is 10.1. The topological polar surface area (TPSA) is 64.0 Å². The Kier molecular flexibility index (Phi) is 5.28. The number of aryl methyl sites for hydroxylation is 3. The molecule has 0 spiro atoms. The molecular formula is C21H18F3N3O2. The smallest absolute Gasteiger partial charge is 0.320 e. The summed E-state index contributed by atoms with van der Waals surface area (Å²) in [6.45, 7) is 5.15. The molecule has 1 aromatic heterocycles. The SMILES string of the molecule is Cc1ccc(NC(=O)c2nn(-c3ccccc3C(F)(F)F)c(C)cc2=O)c(C)c1. The minimum absolute atomic E-state index is 0.176. The van der Waals surface area contributed by atoms with E-state index in [1.165, 1.54) is 25.1 Å². The van der Waals surface area contributed by atoms with Crippen molar-refractivity contribution in [1.29, 1.82) is 0 Å². The predicted octanol–water partition coefficient (Wildman–Crippen LogP) is 4.43. The summed E-state index contributed by atoms with van der Waals surface area (Å²) in [5.74, 6) is -0.791. The van der Waals surface area contributed by atoms with Crippen molar-refractivity contribution < 1.29 is 18.0 Å². The molecule has 150 valence electrons. The Bertz CT molecular complexity index is 1150. The largest absolute Gasteiger partial charge is 0.418 e. The van der Waals surface area contributed by atoms with E-state index < -0.39 is 28.8 Å². The van der Waals surface area contributed by atoms with E-state index in [9.17, 15) is 22.8 Å². The zero-order chi connectivity index (χ0) is 21.3. The molecule has 0 aliphatic rings. The van der Waals surface area contributed by atoms with Gasteiger partial charge in [0.2, 0.25) is 5.43 Å². The molecule has 1 amide bonds. The van der Waals surface area contributed by atoms with Crippen LogP contribution in [0, 0.1) is 20.8 Å². The monoisotopic (exact) mass is 401 g/mol. The molecule has 8 heteroatoms. The van der Waals surface area contributed by atoms with E-state index in [0.717, 1.165) is 27.9 Å². The Hall–Kier alpha value is -3.42. The van der Waals surface area contributed by atoms with E-state index >= 15 is 0 Å². The molecule has 1 heterocycles. The number of hydrogen-bond donors (Lipinski definition) is 1. The third kappa shape index (κ3) is 4.21. The average molecular weight is 401 g/mol. The second-order valence-electron chi connectivity index (χ2n) is 6.70. The van der Waals surface area contributed by atoms with Crippen molar-refractivity contribution in [2.75, 3.05) is 5.32 Å². The van der Waals surface area contributed by atoms with Crippen molar-refractivity contribution in [2.24, 2.45) is 0 Å². The van der Waals surface area contributed by atoms with Crippen molar-refractivity contribution in [1.82, 2.24) is 9.78 Å². The number of aromatic nitrogens is 2. The Morgan fingerprint density at radius 1 is 1.03 bits per heavy atom. The van der Waals surface area contributed by atoms with Gasteiger partial charge in [0.25, 0.3) is 5.91 Å². The number of hydrogen-bond acceptors (Lipinski definition) is 3. The first-order valence-electron chi connectivity index (χ1n) is 8.74. The van der Waals surface area contributed by atoms with Gasteiger partial charge in [-0.25, -0.2) is 4.68 Å². The number of nitrogens with one attached hydrogen (secondary N) is 1. The second kappa shape index (κ2) is 7.54. The highest BCUT2D eigenvalue weighted by Crippen LogP contribution is 2.33. The number of amides is 1. The minimum atomic E-state index is -4.62. The van der Waals surface area contributed by atoms with Crippen molar-refractivity contribution in [3.63, 3.8) is 0 Å². The first-order chi connectivity index (χ1) is 13.6. The standard InChI is InChI=1S/C21H18F3N3O2/c1-12-8-9-16(13(2)10-12)25-20(29)19-18(28)11-14(3)27(26-19)17-7-5-4-6-15(17)21(22,23)24/h4-11H,1-3H3,(H,25,29). The van der Waals surface area contributed by atoms with Crippen LogP contribution in [0.1, 0.15) is 32.9 Å². The van der Waals surface area contributed by atoms with Gasteiger partial charge in [-0.05, 0) is 44.5 Å². The zero-order valence-electron chi connectivity index (χ0n) is 16.0. The number of nitrogens with zero attached hydrogens (tertiary/aromatic N) is 2. The fourth-order valence-corrected chi connectivity index (χ4v) is 2.98. The highest BCUT2D eigenvalue weighted by molar-refractivity contribution is 6.03. The first-order valence-corrected chi connectivity index (χ1v) is 8.74. The van der Waals surface area contributed by atoms with E-state index in [2.05, 4.69) is 10.4 Å². The van der Waals surface area contributed by atoms with Gasteiger partial charge in [-0.15, -0.1) is 0 Å². The van der Waals surface area contributed by atoms with Crippen LogP contribution in [0.3, 0.4) is 0 Å². The van der Waals surface area contributed by atoms with Crippen LogP contribution in [-0.4, -0.2) is 15.7 Å². The molecular weight excluding hydrogens is 383 g/mol. The number of carbonyl (C=O) groups excluding carboxylic acids is 1. The number of para-hydroxylation sites is 1. The van der Waals surface area contributed by atoms with E-state index in [4.69, 9.17) is 0 Å². The second-order valence-corrected chi connectivity index (χ2v) is 6.70. The molecule has 0 fully saturated rings. The zero-order valence-corrected chi connectivity index (χ0v) is 16.0. The van der Waals surface area contributed by atoms with Gasteiger partial charge in [0.1, 0.15) is 0 Å². The third-order valence-corrected chi connectivity index (χ3v) is 4.39. The number of alkyl halides is 3. The summed E-state index contributed by atoms with van der Waals surface area (Å²) in [5, 5.41) is 6.55. The van der Waals surface area contributed by atoms with Gasteiger partial charge in [-0.3, -0.25) is 9.59 Å². The van der Waals surface area contributed by atoms with E-state index in [1.54, 1.807) is 19.1 Å². The molecule has 1 N–H and O–H groups in total. The van der Waals surface area contributed by atoms with Crippen LogP contribution in [0.15, 0.2) is 53.3 Å². The fourth-order valence-electron chi connectivity index (χ4n) is 2.98. The molecule has 0 atom stereocenters. The number of halogens is 3. The van der Waals surface area contributed by atoms with Gasteiger partial charge >= 0.3 is 6.18 Å². The van der Waals surface area contributed by atoms with E-state index in [1.807, 2.05) is 13.0 Å².